The largest absolute Gasteiger partial charge is 0.373 e. The molecule has 2 heterocycles. The lowest BCUT2D eigenvalue weighted by Crippen LogP contribution is -2.30. The molecule has 1 atom stereocenters. The molecule has 1 saturated heterocycles. The van der Waals surface area contributed by atoms with Gasteiger partial charge >= 0.3 is 0 Å². The monoisotopic (exact) mass is 292 g/mol. The van der Waals surface area contributed by atoms with Crippen molar-refractivity contribution in [2.45, 2.75) is 45.3 Å². The summed E-state index contributed by atoms with van der Waals surface area (Å²) in [5, 5.41) is 0. The van der Waals surface area contributed by atoms with Crippen molar-refractivity contribution < 1.29 is 4.74 Å². The maximum Gasteiger partial charge on any atom is 0.111 e. The van der Waals surface area contributed by atoms with Gasteiger partial charge in [0, 0.05) is 18.9 Å². The molecule has 1 fully saturated rings. The van der Waals surface area contributed by atoms with Crippen LogP contribution in [0.4, 0.5) is 0 Å². The van der Waals surface area contributed by atoms with Gasteiger partial charge in [-0.15, -0.1) is 11.6 Å². The van der Waals surface area contributed by atoms with E-state index in [1.165, 1.54) is 11.1 Å². The van der Waals surface area contributed by atoms with Crippen molar-refractivity contribution in [2.24, 2.45) is 0 Å². The van der Waals surface area contributed by atoms with E-state index in [0.717, 1.165) is 43.8 Å². The molecule has 0 N–H and O–H groups in total. The Balaban J connectivity index is 2.04. The minimum atomic E-state index is -0.0699. The van der Waals surface area contributed by atoms with Crippen LogP contribution in [0.1, 0.15) is 31.2 Å². The maximum atomic E-state index is 5.94. The molecule has 2 aromatic rings. The standard InChI is InChI=1S/C16H21ClN2O/c1-12-4-5-14-13(10-12)18-15(6-8-17)19(14)11-16(2)7-3-9-20-16/h4-5,10H,3,6-9,11H2,1-2H3. The second-order valence-corrected chi connectivity index (χ2v) is 6.33. The number of fused-ring (bicyclic) bond motifs is 1. The average molecular weight is 293 g/mol. The Hall–Kier alpha value is -1.06. The number of hydrogen-bond donors (Lipinski definition) is 0. The minimum Gasteiger partial charge on any atom is -0.373 e. The van der Waals surface area contributed by atoms with Crippen LogP contribution in [0.3, 0.4) is 0 Å². The molecule has 3 nitrogen and oxygen atoms in total. The van der Waals surface area contributed by atoms with E-state index in [2.05, 4.69) is 36.6 Å². The summed E-state index contributed by atoms with van der Waals surface area (Å²) in [6, 6.07) is 6.44. The summed E-state index contributed by atoms with van der Waals surface area (Å²) < 4.78 is 8.23. The molecule has 1 aliphatic heterocycles. The summed E-state index contributed by atoms with van der Waals surface area (Å²) in [5.74, 6) is 1.66. The van der Waals surface area contributed by atoms with Crippen LogP contribution in [0.25, 0.3) is 11.0 Å². The van der Waals surface area contributed by atoms with Crippen molar-refractivity contribution in [3.05, 3.63) is 29.6 Å². The van der Waals surface area contributed by atoms with Gasteiger partial charge in [0.05, 0.1) is 23.2 Å². The second-order valence-electron chi connectivity index (χ2n) is 5.95. The van der Waals surface area contributed by atoms with E-state index in [1.54, 1.807) is 0 Å². The number of aromatic nitrogens is 2. The molecule has 108 valence electrons. The summed E-state index contributed by atoms with van der Waals surface area (Å²) in [5.41, 5.74) is 3.42. The zero-order chi connectivity index (χ0) is 14.2. The molecular weight excluding hydrogens is 272 g/mol. The van der Waals surface area contributed by atoms with Gasteiger partial charge in [0.25, 0.3) is 0 Å². The van der Waals surface area contributed by atoms with Gasteiger partial charge in [-0.05, 0) is 44.4 Å². The molecule has 0 bridgehead atoms. The van der Waals surface area contributed by atoms with Gasteiger partial charge in [0.1, 0.15) is 5.82 Å². The van der Waals surface area contributed by atoms with E-state index >= 15 is 0 Å². The van der Waals surface area contributed by atoms with E-state index in [1.807, 2.05) is 0 Å². The normalized spacial score (nSPS) is 22.8. The molecule has 1 aromatic carbocycles. The highest BCUT2D eigenvalue weighted by molar-refractivity contribution is 6.17. The van der Waals surface area contributed by atoms with Gasteiger partial charge in [-0.1, -0.05) is 6.07 Å². The van der Waals surface area contributed by atoms with Gasteiger partial charge in [-0.25, -0.2) is 4.98 Å². The van der Waals surface area contributed by atoms with Crippen LogP contribution in [0, 0.1) is 6.92 Å². The first-order valence-electron chi connectivity index (χ1n) is 7.27. The van der Waals surface area contributed by atoms with E-state index in [0.29, 0.717) is 5.88 Å². The van der Waals surface area contributed by atoms with Crippen LogP contribution >= 0.6 is 11.6 Å². The molecule has 1 aromatic heterocycles. The van der Waals surface area contributed by atoms with Gasteiger partial charge in [0.15, 0.2) is 0 Å². The molecule has 1 aliphatic rings. The Labute approximate surface area is 124 Å². The third kappa shape index (κ3) is 2.57. The number of aryl methyl sites for hydroxylation is 2. The summed E-state index contributed by atoms with van der Waals surface area (Å²) in [6.07, 6.45) is 3.05. The number of alkyl halides is 1. The molecule has 0 amide bonds. The first kappa shape index (κ1) is 13.9. The fraction of sp³-hybridized carbons (Fsp3) is 0.562. The molecule has 1 unspecified atom stereocenters. The van der Waals surface area contributed by atoms with Crippen LogP contribution in [-0.2, 0) is 17.7 Å². The highest BCUT2D eigenvalue weighted by Crippen LogP contribution is 2.29. The van der Waals surface area contributed by atoms with Gasteiger partial charge in [-0.2, -0.15) is 0 Å². The third-order valence-electron chi connectivity index (χ3n) is 4.09. The molecule has 4 heteroatoms. The van der Waals surface area contributed by atoms with Gasteiger partial charge in [-0.3, -0.25) is 0 Å². The first-order chi connectivity index (χ1) is 9.61. The predicted molar refractivity (Wildman–Crippen MR) is 82.5 cm³/mol. The first-order valence-corrected chi connectivity index (χ1v) is 7.80. The Kier molecular flexibility index (Phi) is 3.74. The van der Waals surface area contributed by atoms with Gasteiger partial charge < -0.3 is 9.30 Å². The van der Waals surface area contributed by atoms with Crippen LogP contribution in [-0.4, -0.2) is 27.6 Å². The number of rotatable bonds is 4. The third-order valence-corrected chi connectivity index (χ3v) is 4.28. The highest BCUT2D eigenvalue weighted by Gasteiger charge is 2.31. The van der Waals surface area contributed by atoms with E-state index in [-0.39, 0.29) is 5.60 Å². The van der Waals surface area contributed by atoms with Crippen molar-refractivity contribution in [3.63, 3.8) is 0 Å². The van der Waals surface area contributed by atoms with Crippen LogP contribution < -0.4 is 0 Å². The van der Waals surface area contributed by atoms with Crippen LogP contribution in [0.5, 0.6) is 0 Å². The van der Waals surface area contributed by atoms with Crippen molar-refractivity contribution in [2.75, 3.05) is 12.5 Å². The molecule has 0 spiro atoms. The van der Waals surface area contributed by atoms with E-state index < -0.39 is 0 Å². The molecular formula is C16H21ClN2O. The molecule has 3 rings (SSSR count). The van der Waals surface area contributed by atoms with E-state index in [9.17, 15) is 0 Å². The fourth-order valence-electron chi connectivity index (χ4n) is 3.04. The number of nitrogens with zero attached hydrogens (tertiary/aromatic N) is 2. The number of hydrogen-bond acceptors (Lipinski definition) is 2. The number of ether oxygens (including phenoxy) is 1. The van der Waals surface area contributed by atoms with Crippen LogP contribution in [0.2, 0.25) is 0 Å². The SMILES string of the molecule is Cc1ccc2c(c1)nc(CCCl)n2CC1(C)CCCO1. The smallest absolute Gasteiger partial charge is 0.111 e. The van der Waals surface area contributed by atoms with Crippen LogP contribution in [0.15, 0.2) is 18.2 Å². The summed E-state index contributed by atoms with van der Waals surface area (Å²) in [4.78, 5) is 4.76. The lowest BCUT2D eigenvalue weighted by atomic mass is 10.0. The highest BCUT2D eigenvalue weighted by atomic mass is 35.5. The molecule has 20 heavy (non-hydrogen) atoms. The van der Waals surface area contributed by atoms with Crippen molar-refractivity contribution in [1.29, 1.82) is 0 Å². The van der Waals surface area contributed by atoms with Crippen molar-refractivity contribution >= 4 is 22.6 Å². The fourth-order valence-corrected chi connectivity index (χ4v) is 3.21. The quantitative estimate of drug-likeness (QED) is 0.804. The topological polar surface area (TPSA) is 27.1 Å². The zero-order valence-corrected chi connectivity index (χ0v) is 12.9. The average Bonchev–Trinajstić information content (AvgIpc) is 2.96. The number of halogens is 1. The number of benzene rings is 1. The summed E-state index contributed by atoms with van der Waals surface area (Å²) in [6.45, 7) is 6.03. The Morgan fingerprint density at radius 3 is 3.00 bits per heavy atom. The molecule has 0 aliphatic carbocycles. The summed E-state index contributed by atoms with van der Waals surface area (Å²) in [7, 11) is 0. The van der Waals surface area contributed by atoms with E-state index in [4.69, 9.17) is 21.3 Å². The second kappa shape index (κ2) is 5.38. The maximum absolute atomic E-state index is 5.94. The zero-order valence-electron chi connectivity index (χ0n) is 12.2. The molecule has 0 radical (unpaired) electrons. The Morgan fingerprint density at radius 1 is 1.45 bits per heavy atom. The Bertz CT molecular complexity index is 614. The van der Waals surface area contributed by atoms with Crippen molar-refractivity contribution in [1.82, 2.24) is 9.55 Å². The minimum absolute atomic E-state index is 0.0699. The number of imidazole rings is 1. The lowest BCUT2D eigenvalue weighted by molar-refractivity contribution is 0.00653. The van der Waals surface area contributed by atoms with Gasteiger partial charge in [0.2, 0.25) is 0 Å². The summed E-state index contributed by atoms with van der Waals surface area (Å²) >= 11 is 5.93. The predicted octanol–water partition coefficient (Wildman–Crippen LogP) is 3.70. The lowest BCUT2D eigenvalue weighted by Gasteiger charge is -2.25. The molecule has 0 saturated carbocycles. The Morgan fingerprint density at radius 2 is 2.30 bits per heavy atom. The van der Waals surface area contributed by atoms with Crippen molar-refractivity contribution in [3.8, 4) is 0 Å².